The number of imidazole rings is 1. The lowest BCUT2D eigenvalue weighted by Crippen LogP contribution is -2.37. The van der Waals surface area contributed by atoms with Crippen molar-refractivity contribution in [3.63, 3.8) is 0 Å². The van der Waals surface area contributed by atoms with Crippen LogP contribution in [0.3, 0.4) is 0 Å². The quantitative estimate of drug-likeness (QED) is 0.116. The molecule has 3 aromatic heterocycles. The van der Waals surface area contributed by atoms with E-state index in [1.165, 1.54) is 39.8 Å². The number of ether oxygens (including phenoxy) is 1. The Labute approximate surface area is 247 Å². The van der Waals surface area contributed by atoms with E-state index in [0.717, 1.165) is 0 Å². The maximum absolute atomic E-state index is 12.4. The van der Waals surface area contributed by atoms with Gasteiger partial charge in [0.1, 0.15) is 35.3 Å². The zero-order chi connectivity index (χ0) is 31.2. The number of nitrogen functional groups attached to an aromatic ring is 2. The number of nitrogens with one attached hydrogen (secondary N) is 1. The molecule has 2 aromatic carbocycles. The first-order valence-corrected chi connectivity index (χ1v) is 14.2. The van der Waals surface area contributed by atoms with Crippen LogP contribution in [0.5, 0.6) is 5.75 Å². The van der Waals surface area contributed by atoms with Crippen LogP contribution < -0.4 is 16.2 Å². The Hall–Kier alpha value is -5.21. The highest BCUT2D eigenvalue weighted by molar-refractivity contribution is 7.85. The van der Waals surface area contributed by atoms with Crippen LogP contribution in [0.1, 0.15) is 16.6 Å². The van der Waals surface area contributed by atoms with Crippen molar-refractivity contribution >= 4 is 38.9 Å². The minimum absolute atomic E-state index is 0.00390. The van der Waals surface area contributed by atoms with Gasteiger partial charge in [0.25, 0.3) is 11.9 Å². The molecule has 0 unspecified atom stereocenters. The van der Waals surface area contributed by atoms with Gasteiger partial charge in [0.2, 0.25) is 0 Å². The number of rotatable bonds is 8. The predicted molar refractivity (Wildman–Crippen MR) is 151 cm³/mol. The molecule has 6 rings (SSSR count). The maximum Gasteiger partial charge on any atom is 0.362 e. The van der Waals surface area contributed by atoms with E-state index >= 15 is 0 Å². The Morgan fingerprint density at radius 1 is 1.07 bits per heavy atom. The van der Waals surface area contributed by atoms with Gasteiger partial charge in [0, 0.05) is 11.3 Å². The second-order valence-electron chi connectivity index (χ2n) is 9.60. The van der Waals surface area contributed by atoms with Crippen LogP contribution in [-0.4, -0.2) is 89.1 Å². The van der Waals surface area contributed by atoms with Crippen LogP contribution in [-0.2, 0) is 19.2 Å². The minimum Gasteiger partial charge on any atom is -0.507 e. The molecule has 5 aromatic rings. The summed E-state index contributed by atoms with van der Waals surface area (Å²) in [6.07, 6.45) is -3.07. The van der Waals surface area contributed by atoms with Gasteiger partial charge in [0.05, 0.1) is 24.7 Å². The Morgan fingerprint density at radius 3 is 2.59 bits per heavy atom. The summed E-state index contributed by atoms with van der Waals surface area (Å²) in [5.74, 6) is -1.60. The Balaban J connectivity index is 1.20. The average molecular weight is 625 g/mol. The molecule has 44 heavy (non-hydrogen) atoms. The van der Waals surface area contributed by atoms with Crippen LogP contribution >= 0.6 is 0 Å². The van der Waals surface area contributed by atoms with E-state index in [1.807, 2.05) is 0 Å². The highest BCUT2D eigenvalue weighted by atomic mass is 32.2. The Morgan fingerprint density at radius 2 is 1.82 bits per heavy atom. The number of aromatic hydroxyl groups is 1. The molecule has 1 aliphatic rings. The lowest BCUT2D eigenvalue weighted by molar-refractivity contribution is -0.0468. The molecule has 228 valence electrons. The molecule has 0 saturated carbocycles. The van der Waals surface area contributed by atoms with Gasteiger partial charge < -0.3 is 31.5 Å². The number of phenolic OH excluding ortho intramolecular Hbond substituents is 1. The maximum atomic E-state index is 12.4. The number of nitrogens with two attached hydrogens (primary N) is 2. The highest BCUT2D eigenvalue weighted by Crippen LogP contribution is 2.33. The minimum atomic E-state index is -4.71. The van der Waals surface area contributed by atoms with Crippen LogP contribution in [0.25, 0.3) is 28.4 Å². The van der Waals surface area contributed by atoms with E-state index in [4.69, 9.17) is 20.4 Å². The highest BCUT2D eigenvalue weighted by Gasteiger charge is 2.45. The number of aromatic nitrogens is 7. The standard InChI is InChI=1S/C25H24N10O8S/c26-14-7-3-1-5-12(14)15-9-35(33-31-15)25-29-21(27)18-22(30-25)34(11-28-18)24-20(38)19(37)17(43-24)10-42-44(40,41)32-23(39)13-6-2-4-8-16(13)36/h1-9,11,17,19-20,24,36-38H,10,26H2,(H,32,39)(H2,27,29,30)/t17-,19-,20-,24-/m0/s1. The van der Waals surface area contributed by atoms with Crippen molar-refractivity contribution in [2.24, 2.45) is 0 Å². The van der Waals surface area contributed by atoms with Gasteiger partial charge >= 0.3 is 10.3 Å². The fraction of sp³-hybridized carbons (Fsp3) is 0.200. The third kappa shape index (κ3) is 5.36. The molecule has 1 fully saturated rings. The summed E-state index contributed by atoms with van der Waals surface area (Å²) in [5, 5.41) is 39.4. The molecule has 0 radical (unpaired) electrons. The molecule has 1 aliphatic heterocycles. The number of hydrogen-bond donors (Lipinski definition) is 6. The summed E-state index contributed by atoms with van der Waals surface area (Å²) in [6, 6.07) is 12.4. The number of nitrogens with zero attached hydrogens (tertiary/aromatic N) is 7. The Kier molecular flexibility index (Phi) is 7.31. The van der Waals surface area contributed by atoms with Crippen LogP contribution in [0.15, 0.2) is 61.1 Å². The lowest BCUT2D eigenvalue weighted by Gasteiger charge is -2.16. The summed E-state index contributed by atoms with van der Waals surface area (Å²) < 4.78 is 39.5. The Bertz CT molecular complexity index is 1980. The molecular weight excluding hydrogens is 600 g/mol. The van der Waals surface area contributed by atoms with Gasteiger partial charge in [-0.25, -0.2) is 9.71 Å². The number of phenols is 1. The second-order valence-corrected chi connectivity index (χ2v) is 10.9. The topological polar surface area (TPSA) is 269 Å². The third-order valence-corrected chi connectivity index (χ3v) is 7.62. The van der Waals surface area contributed by atoms with E-state index < -0.39 is 53.1 Å². The first-order valence-electron chi connectivity index (χ1n) is 12.8. The van der Waals surface area contributed by atoms with Gasteiger partial charge in [-0.3, -0.25) is 13.5 Å². The molecule has 0 bridgehead atoms. The summed E-state index contributed by atoms with van der Waals surface area (Å²) in [7, 11) is -4.71. The van der Waals surface area contributed by atoms with Gasteiger partial charge in [-0.1, -0.05) is 35.5 Å². The molecule has 0 spiro atoms. The van der Waals surface area contributed by atoms with E-state index in [2.05, 4.69) is 25.3 Å². The van der Waals surface area contributed by atoms with Crippen LogP contribution in [0, 0.1) is 0 Å². The third-order valence-electron chi connectivity index (χ3n) is 6.74. The molecule has 8 N–H and O–H groups in total. The molecule has 18 nitrogen and oxygen atoms in total. The van der Waals surface area contributed by atoms with Crippen molar-refractivity contribution in [3.05, 3.63) is 66.6 Å². The smallest absolute Gasteiger partial charge is 0.362 e. The number of carbonyl (C=O) groups excluding carboxylic acids is 1. The fourth-order valence-corrected chi connectivity index (χ4v) is 5.26. The number of anilines is 2. The SMILES string of the molecule is Nc1ccccc1-c1cn(-c2nc(N)c3ncn([C@H]4O[C@@H](COS(=O)(=O)NC(=O)c5ccccc5O)[C@H](O)[C@@H]4O)c3n2)nn1. The lowest BCUT2D eigenvalue weighted by atomic mass is 10.1. The van der Waals surface area contributed by atoms with Crippen molar-refractivity contribution in [3.8, 4) is 23.0 Å². The molecular formula is C25H24N10O8S. The molecule has 19 heteroatoms. The number of aliphatic hydroxyl groups excluding tert-OH is 2. The van der Waals surface area contributed by atoms with E-state index in [1.54, 1.807) is 35.2 Å². The molecule has 4 atom stereocenters. The summed E-state index contributed by atoms with van der Waals surface area (Å²) >= 11 is 0. The number of para-hydroxylation sites is 2. The van der Waals surface area contributed by atoms with Crippen molar-refractivity contribution in [1.82, 2.24) is 39.2 Å². The van der Waals surface area contributed by atoms with Crippen LogP contribution in [0.4, 0.5) is 11.5 Å². The first kappa shape index (κ1) is 28.9. The molecule has 1 saturated heterocycles. The van der Waals surface area contributed by atoms with Gasteiger partial charge in [-0.2, -0.15) is 23.1 Å². The number of fused-ring (bicyclic) bond motifs is 1. The molecule has 0 aliphatic carbocycles. The second kappa shape index (κ2) is 11.1. The molecule has 4 heterocycles. The average Bonchev–Trinajstić information content (AvgIpc) is 3.71. The summed E-state index contributed by atoms with van der Waals surface area (Å²) in [4.78, 5) is 25.1. The monoisotopic (exact) mass is 624 g/mol. The van der Waals surface area contributed by atoms with Crippen molar-refractivity contribution in [2.75, 3.05) is 18.1 Å². The largest absolute Gasteiger partial charge is 0.507 e. The van der Waals surface area contributed by atoms with E-state index in [-0.39, 0.29) is 28.5 Å². The zero-order valence-corrected chi connectivity index (χ0v) is 23.2. The predicted octanol–water partition coefficient (Wildman–Crippen LogP) is -0.745. The zero-order valence-electron chi connectivity index (χ0n) is 22.4. The normalized spacial score (nSPS) is 20.2. The van der Waals surface area contributed by atoms with Gasteiger partial charge in [-0.05, 0) is 18.2 Å². The van der Waals surface area contributed by atoms with Crippen molar-refractivity contribution in [2.45, 2.75) is 24.5 Å². The number of benzene rings is 2. The molecule has 1 amide bonds. The van der Waals surface area contributed by atoms with Crippen LogP contribution in [0.2, 0.25) is 0 Å². The summed E-state index contributed by atoms with van der Waals surface area (Å²) in [5.41, 5.74) is 13.7. The van der Waals surface area contributed by atoms with Crippen molar-refractivity contribution < 1.29 is 37.5 Å². The van der Waals surface area contributed by atoms with Crippen molar-refractivity contribution in [1.29, 1.82) is 0 Å². The number of amides is 1. The van der Waals surface area contributed by atoms with E-state index in [9.17, 15) is 28.5 Å². The fourth-order valence-electron chi connectivity index (χ4n) is 4.55. The van der Waals surface area contributed by atoms with E-state index in [0.29, 0.717) is 16.9 Å². The van der Waals surface area contributed by atoms with Gasteiger partial charge in [0.15, 0.2) is 17.7 Å². The summed E-state index contributed by atoms with van der Waals surface area (Å²) in [6.45, 7) is -0.780. The number of carbonyl (C=O) groups is 1. The first-order chi connectivity index (χ1) is 21.0. The number of aliphatic hydroxyl groups is 2. The van der Waals surface area contributed by atoms with Gasteiger partial charge in [-0.15, -0.1) is 5.10 Å². The number of hydrogen-bond acceptors (Lipinski definition) is 15.